The van der Waals surface area contributed by atoms with E-state index in [1.807, 2.05) is 0 Å². The predicted octanol–water partition coefficient (Wildman–Crippen LogP) is 2.83. The van der Waals surface area contributed by atoms with E-state index in [0.717, 1.165) is 0 Å². The summed E-state index contributed by atoms with van der Waals surface area (Å²) in [6.07, 6.45) is 0. The molecule has 0 aliphatic rings. The van der Waals surface area contributed by atoms with Crippen LogP contribution < -0.4 is 5.56 Å². The zero-order valence-corrected chi connectivity index (χ0v) is 9.62. The number of aromatic amines is 1. The molecule has 2 aromatic carbocycles. The van der Waals surface area contributed by atoms with Gasteiger partial charge in [-0.05, 0) is 42.1 Å². The minimum Gasteiger partial charge on any atom is -0.508 e. The lowest BCUT2D eigenvalue weighted by molar-refractivity contribution is 0.476. The van der Waals surface area contributed by atoms with Crippen LogP contribution in [0.5, 0.6) is 5.75 Å². The molecular weight excluding hydrogens is 233 g/mol. The lowest BCUT2D eigenvalue weighted by Gasteiger charge is -2.05. The molecule has 0 unspecified atom stereocenters. The molecule has 2 N–H and O–H groups in total. The molecule has 90 valence electrons. The molecule has 3 nitrogen and oxygen atoms in total. The Morgan fingerprint density at radius 1 is 1.11 bits per heavy atom. The fourth-order valence-electron chi connectivity index (χ4n) is 2.15. The Bertz CT molecular complexity index is 836. The summed E-state index contributed by atoms with van der Waals surface area (Å²) in [5.74, 6) is -0.285. The number of fused-ring (bicyclic) bond motifs is 3. The van der Waals surface area contributed by atoms with Crippen molar-refractivity contribution in [1.82, 2.24) is 4.98 Å². The van der Waals surface area contributed by atoms with E-state index < -0.39 is 0 Å². The number of hydrogen-bond donors (Lipinski definition) is 2. The second-order valence-electron chi connectivity index (χ2n) is 4.33. The van der Waals surface area contributed by atoms with E-state index in [0.29, 0.717) is 27.2 Å². The van der Waals surface area contributed by atoms with Gasteiger partial charge >= 0.3 is 0 Å². The molecule has 1 aromatic heterocycles. The molecule has 1 heterocycles. The topological polar surface area (TPSA) is 53.1 Å². The van der Waals surface area contributed by atoms with E-state index in [2.05, 4.69) is 4.98 Å². The van der Waals surface area contributed by atoms with Crippen LogP contribution in [0.3, 0.4) is 0 Å². The van der Waals surface area contributed by atoms with Crippen LogP contribution in [0.25, 0.3) is 21.7 Å². The van der Waals surface area contributed by atoms with Gasteiger partial charge in [-0.25, -0.2) is 4.39 Å². The highest BCUT2D eigenvalue weighted by atomic mass is 19.1. The maximum atomic E-state index is 13.6. The number of hydrogen-bond acceptors (Lipinski definition) is 2. The summed E-state index contributed by atoms with van der Waals surface area (Å²) in [5, 5.41) is 11.1. The highest BCUT2D eigenvalue weighted by Crippen LogP contribution is 2.25. The Hall–Kier alpha value is -2.36. The van der Waals surface area contributed by atoms with Crippen molar-refractivity contribution in [2.24, 2.45) is 0 Å². The first-order valence-corrected chi connectivity index (χ1v) is 5.51. The van der Waals surface area contributed by atoms with Gasteiger partial charge < -0.3 is 10.1 Å². The second-order valence-corrected chi connectivity index (χ2v) is 4.33. The van der Waals surface area contributed by atoms with Crippen LogP contribution in [0.15, 0.2) is 35.1 Å². The summed E-state index contributed by atoms with van der Waals surface area (Å²) >= 11 is 0. The average Bonchev–Trinajstić information content (AvgIpc) is 2.31. The first-order valence-electron chi connectivity index (χ1n) is 5.51. The van der Waals surface area contributed by atoms with Crippen LogP contribution in [-0.4, -0.2) is 10.1 Å². The van der Waals surface area contributed by atoms with E-state index in [1.54, 1.807) is 13.0 Å². The Morgan fingerprint density at radius 2 is 1.89 bits per heavy atom. The van der Waals surface area contributed by atoms with Crippen molar-refractivity contribution in [3.8, 4) is 5.75 Å². The summed E-state index contributed by atoms with van der Waals surface area (Å²) in [7, 11) is 0. The van der Waals surface area contributed by atoms with Crippen LogP contribution in [-0.2, 0) is 0 Å². The fourth-order valence-corrected chi connectivity index (χ4v) is 2.15. The normalized spacial score (nSPS) is 11.2. The smallest absolute Gasteiger partial charge is 0.256 e. The van der Waals surface area contributed by atoms with Gasteiger partial charge in [-0.3, -0.25) is 4.79 Å². The molecule has 18 heavy (non-hydrogen) atoms. The molecule has 0 radical (unpaired) electrons. The van der Waals surface area contributed by atoms with Gasteiger partial charge in [-0.2, -0.15) is 0 Å². The molecule has 0 bridgehead atoms. The quantitative estimate of drug-likeness (QED) is 0.596. The molecule has 0 saturated carbocycles. The van der Waals surface area contributed by atoms with Gasteiger partial charge in [0.05, 0.1) is 5.52 Å². The van der Waals surface area contributed by atoms with Crippen LogP contribution in [0.4, 0.5) is 4.39 Å². The van der Waals surface area contributed by atoms with Crippen molar-refractivity contribution in [3.63, 3.8) is 0 Å². The van der Waals surface area contributed by atoms with Crippen LogP contribution >= 0.6 is 0 Å². The van der Waals surface area contributed by atoms with Gasteiger partial charge in [0.15, 0.2) is 0 Å². The predicted molar refractivity (Wildman–Crippen MR) is 68.4 cm³/mol. The number of nitrogens with one attached hydrogen (secondary N) is 1. The largest absolute Gasteiger partial charge is 0.508 e. The van der Waals surface area contributed by atoms with Crippen molar-refractivity contribution in [2.75, 3.05) is 0 Å². The number of benzene rings is 2. The molecular formula is C14H10FNO2. The number of halogens is 1. The van der Waals surface area contributed by atoms with E-state index >= 15 is 0 Å². The Morgan fingerprint density at radius 3 is 2.67 bits per heavy atom. The third-order valence-corrected chi connectivity index (χ3v) is 3.08. The molecule has 3 rings (SSSR count). The Balaban J connectivity index is 2.61. The minimum atomic E-state index is -0.345. The first kappa shape index (κ1) is 10.8. The highest BCUT2D eigenvalue weighted by Gasteiger charge is 2.08. The third-order valence-electron chi connectivity index (χ3n) is 3.08. The summed E-state index contributed by atoms with van der Waals surface area (Å²) in [6.45, 7) is 1.62. The SMILES string of the molecule is Cc1cc2c(=O)[nH]c3cc(O)ccc3c2cc1F. The number of phenolic OH excluding ortho intramolecular Hbond substituents is 1. The van der Waals surface area contributed by atoms with E-state index in [9.17, 15) is 14.3 Å². The van der Waals surface area contributed by atoms with Crippen molar-refractivity contribution >= 4 is 21.7 Å². The van der Waals surface area contributed by atoms with Gasteiger partial charge in [0.2, 0.25) is 0 Å². The number of aromatic nitrogens is 1. The highest BCUT2D eigenvalue weighted by molar-refractivity contribution is 6.05. The average molecular weight is 243 g/mol. The summed E-state index contributed by atoms with van der Waals surface area (Å²) in [6, 6.07) is 7.53. The fraction of sp³-hybridized carbons (Fsp3) is 0.0714. The molecule has 0 fully saturated rings. The van der Waals surface area contributed by atoms with Crippen molar-refractivity contribution in [1.29, 1.82) is 0 Å². The van der Waals surface area contributed by atoms with Crippen LogP contribution in [0.2, 0.25) is 0 Å². The lowest BCUT2D eigenvalue weighted by atomic mass is 10.0. The standard InChI is InChI=1S/C14H10FNO2/c1-7-4-11-10(6-12(7)15)9-3-2-8(17)5-13(9)16-14(11)18/h2-6,17H,1H3,(H,16,18). The molecule has 0 saturated heterocycles. The third kappa shape index (κ3) is 1.46. The molecule has 0 spiro atoms. The molecule has 3 aromatic rings. The Labute approximate surface area is 102 Å². The summed E-state index contributed by atoms with van der Waals surface area (Å²) in [5.41, 5.74) is 0.646. The summed E-state index contributed by atoms with van der Waals surface area (Å²) in [4.78, 5) is 14.6. The van der Waals surface area contributed by atoms with Gasteiger partial charge in [-0.15, -0.1) is 0 Å². The maximum Gasteiger partial charge on any atom is 0.256 e. The second kappa shape index (κ2) is 3.57. The number of aryl methyl sites for hydroxylation is 1. The zero-order chi connectivity index (χ0) is 12.9. The van der Waals surface area contributed by atoms with Gasteiger partial charge in [0.25, 0.3) is 5.56 Å². The van der Waals surface area contributed by atoms with E-state index in [4.69, 9.17) is 0 Å². The number of phenols is 1. The number of H-pyrrole nitrogens is 1. The van der Waals surface area contributed by atoms with Crippen molar-refractivity contribution in [3.05, 3.63) is 52.1 Å². The van der Waals surface area contributed by atoms with Gasteiger partial charge in [-0.1, -0.05) is 0 Å². The molecule has 0 aliphatic heterocycles. The molecule has 0 atom stereocenters. The number of aromatic hydroxyl groups is 1. The van der Waals surface area contributed by atoms with E-state index in [-0.39, 0.29) is 17.1 Å². The molecule has 0 amide bonds. The number of rotatable bonds is 0. The van der Waals surface area contributed by atoms with E-state index in [1.165, 1.54) is 24.3 Å². The zero-order valence-electron chi connectivity index (χ0n) is 9.62. The van der Waals surface area contributed by atoms with Gasteiger partial charge in [0, 0.05) is 16.8 Å². The molecule has 4 heteroatoms. The monoisotopic (exact) mass is 243 g/mol. The van der Waals surface area contributed by atoms with Crippen molar-refractivity contribution in [2.45, 2.75) is 6.92 Å². The minimum absolute atomic E-state index is 0.0603. The lowest BCUT2D eigenvalue weighted by Crippen LogP contribution is -2.07. The molecule has 0 aliphatic carbocycles. The number of pyridine rings is 1. The van der Waals surface area contributed by atoms with Crippen LogP contribution in [0.1, 0.15) is 5.56 Å². The first-order chi connectivity index (χ1) is 8.56. The van der Waals surface area contributed by atoms with Gasteiger partial charge in [0.1, 0.15) is 11.6 Å². The van der Waals surface area contributed by atoms with Crippen LogP contribution in [0, 0.1) is 12.7 Å². The maximum absolute atomic E-state index is 13.6. The van der Waals surface area contributed by atoms with Crippen molar-refractivity contribution < 1.29 is 9.50 Å². The Kier molecular flexibility index (Phi) is 2.13. The summed E-state index contributed by atoms with van der Waals surface area (Å²) < 4.78 is 13.6.